The SMILES string of the molecule is O=BO[O-].O=BO[O-].[Mg+2]. The van der Waals surface area contributed by atoms with Gasteiger partial charge < -0.3 is 0 Å². The molecule has 0 saturated heterocycles. The first-order valence-electron chi connectivity index (χ1n) is 1.28. The van der Waals surface area contributed by atoms with Crippen molar-refractivity contribution >= 4 is 37.8 Å². The van der Waals surface area contributed by atoms with E-state index in [1.54, 1.807) is 0 Å². The maximum atomic E-state index is 8.64. The van der Waals surface area contributed by atoms with Gasteiger partial charge in [0.2, 0.25) is 0 Å². The van der Waals surface area contributed by atoms with Gasteiger partial charge in [0.05, 0.1) is 0 Å². The third-order valence-electron chi connectivity index (χ3n) is 0.0786. The van der Waals surface area contributed by atoms with E-state index in [1.165, 1.54) is 0 Å². The molecule has 0 rings (SSSR count). The van der Waals surface area contributed by atoms with Gasteiger partial charge in [0.1, 0.15) is 0 Å². The Morgan fingerprint density at radius 1 is 1.00 bits per heavy atom. The molecule has 0 aliphatic heterocycles. The zero-order valence-corrected chi connectivity index (χ0v) is 5.73. The second-order valence-electron chi connectivity index (χ2n) is 0.385. The van der Waals surface area contributed by atoms with E-state index in [4.69, 9.17) is 19.9 Å². The van der Waals surface area contributed by atoms with Crippen LogP contribution in [-0.4, -0.2) is 37.8 Å². The summed E-state index contributed by atoms with van der Waals surface area (Å²) in [5.41, 5.74) is 0. The first kappa shape index (κ1) is 16.0. The van der Waals surface area contributed by atoms with E-state index in [-0.39, 0.29) is 37.8 Å². The van der Waals surface area contributed by atoms with Crippen LogP contribution < -0.4 is 10.5 Å². The van der Waals surface area contributed by atoms with Gasteiger partial charge in [-0.1, -0.05) is 0 Å². The van der Waals surface area contributed by atoms with Crippen molar-refractivity contribution in [1.82, 2.24) is 0 Å². The molecule has 0 spiro atoms. The quantitative estimate of drug-likeness (QED) is 0.222. The van der Waals surface area contributed by atoms with Crippen molar-refractivity contribution in [1.29, 1.82) is 0 Å². The Hall–Kier alpha value is 0.0161. The molecule has 0 radical (unpaired) electrons. The molecule has 0 bridgehead atoms. The van der Waals surface area contributed by atoms with E-state index < -0.39 is 0 Å². The third kappa shape index (κ3) is 71.4. The summed E-state index contributed by atoms with van der Waals surface area (Å²) in [6.07, 6.45) is 0. The zero-order valence-electron chi connectivity index (χ0n) is 4.31. The van der Waals surface area contributed by atoms with Gasteiger partial charge in [-0.3, -0.25) is 0 Å². The number of hydrogen-bond acceptors (Lipinski definition) is 6. The Kier molecular flexibility index (Phi) is 43.5. The number of hydrogen-bond donors (Lipinski definition) is 0. The molecule has 0 unspecified atom stereocenters. The molecule has 6 nitrogen and oxygen atoms in total. The van der Waals surface area contributed by atoms with E-state index in [9.17, 15) is 0 Å². The van der Waals surface area contributed by atoms with Crippen molar-refractivity contribution in [2.24, 2.45) is 0 Å². The van der Waals surface area contributed by atoms with Crippen LogP contribution in [0.1, 0.15) is 0 Å². The van der Waals surface area contributed by atoms with Gasteiger partial charge in [0.25, 0.3) is 0 Å². The Balaban J connectivity index is -0.0000000720. The summed E-state index contributed by atoms with van der Waals surface area (Å²) in [7, 11) is -0.361. The van der Waals surface area contributed by atoms with Crippen LogP contribution in [-0.2, 0) is 19.0 Å². The van der Waals surface area contributed by atoms with E-state index in [0.29, 0.717) is 0 Å². The molecule has 0 aliphatic rings. The molecule has 0 aromatic carbocycles. The molecule has 44 valence electrons. The Morgan fingerprint density at radius 2 is 1.11 bits per heavy atom. The molecule has 0 heterocycles. The summed E-state index contributed by atoms with van der Waals surface area (Å²) in [6, 6.07) is 0. The standard InChI is InChI=1S/2BHO3.Mg/c2*2-1-4-3;/h2*3H;/q;;+2/p-2. The molecule has 0 atom stereocenters. The van der Waals surface area contributed by atoms with Crippen molar-refractivity contribution in [3.05, 3.63) is 0 Å². The predicted molar refractivity (Wildman–Crippen MR) is 20.8 cm³/mol. The molecule has 9 heavy (non-hydrogen) atoms. The maximum absolute atomic E-state index is 8.64. The fraction of sp³-hybridized carbons (Fsp3) is 0. The van der Waals surface area contributed by atoms with Gasteiger partial charge in [0.15, 0.2) is 0 Å². The van der Waals surface area contributed by atoms with Gasteiger partial charge in [-0.05, 0) is 0 Å². The monoisotopic (exact) mass is 142 g/mol. The van der Waals surface area contributed by atoms with Gasteiger partial charge in [-0.25, -0.2) is 0 Å². The normalized spacial score (nSPS) is 3.78. The zero-order chi connectivity index (χ0) is 6.83. The second kappa shape index (κ2) is 24.5. The predicted octanol–water partition coefficient (Wildman–Crippen LogP) is -3.89. The van der Waals surface area contributed by atoms with Gasteiger partial charge in [-0.15, -0.1) is 0 Å². The van der Waals surface area contributed by atoms with Crippen LogP contribution in [0.3, 0.4) is 0 Å². The fourth-order valence-electron chi connectivity index (χ4n) is 0. The Morgan fingerprint density at radius 3 is 1.11 bits per heavy atom. The molecule has 0 aliphatic carbocycles. The average Bonchev–Trinajstić information content (AvgIpc) is 1.88. The summed E-state index contributed by atoms with van der Waals surface area (Å²) in [4.78, 5) is 5.22. The second-order valence-corrected chi connectivity index (χ2v) is 0.385. The average molecular weight is 142 g/mol. The Bertz CT molecular complexity index is 47.0. The van der Waals surface area contributed by atoms with E-state index >= 15 is 0 Å². The summed E-state index contributed by atoms with van der Waals surface area (Å²) in [6.45, 7) is 0. The van der Waals surface area contributed by atoms with Crippen molar-refractivity contribution in [3.63, 3.8) is 0 Å². The smallest absolute Gasteiger partial charge is 2.00 e. The minimum absolute atomic E-state index is 0. The topological polar surface area (TPSA) is 98.7 Å². The molecule has 0 aromatic heterocycles. The first-order valence-corrected chi connectivity index (χ1v) is 1.28. The summed E-state index contributed by atoms with van der Waals surface area (Å²) >= 11 is 0. The first-order chi connectivity index (χ1) is 3.83. The third-order valence-corrected chi connectivity index (χ3v) is 0.0786. The largest absolute Gasteiger partial charge is 2.00 e. The summed E-state index contributed by atoms with van der Waals surface area (Å²) in [5, 5.41) is 16.9. The minimum atomic E-state index is -0.181. The van der Waals surface area contributed by atoms with Crippen LogP contribution in [0.15, 0.2) is 0 Å². The van der Waals surface area contributed by atoms with Gasteiger partial charge in [0, 0.05) is 0 Å². The molecule has 9 heteroatoms. The molecule has 0 amide bonds. The molecule has 0 fully saturated rings. The van der Waals surface area contributed by atoms with Crippen LogP contribution in [0, 0.1) is 0 Å². The molecular weight excluding hydrogens is 142 g/mol. The maximum Gasteiger partial charge on any atom is 2.00 e. The summed E-state index contributed by atoms with van der Waals surface area (Å²) < 4.78 is 17.3. The van der Waals surface area contributed by atoms with Crippen LogP contribution in [0.5, 0.6) is 0 Å². The fourth-order valence-corrected chi connectivity index (χ4v) is 0. The van der Waals surface area contributed by atoms with Gasteiger partial charge in [-0.2, -0.15) is 0 Å². The van der Waals surface area contributed by atoms with Crippen LogP contribution in [0.4, 0.5) is 0 Å². The van der Waals surface area contributed by atoms with Crippen molar-refractivity contribution in [2.45, 2.75) is 0 Å². The minimum Gasteiger partial charge on any atom is 2.00 e. The molecule has 0 N–H and O–H groups in total. The summed E-state index contributed by atoms with van der Waals surface area (Å²) in [5.74, 6) is 0. The number of rotatable bonds is 2. The molecular formula is B2MgO6. The van der Waals surface area contributed by atoms with Crippen molar-refractivity contribution < 1.29 is 29.5 Å². The van der Waals surface area contributed by atoms with Crippen molar-refractivity contribution in [3.8, 4) is 0 Å². The van der Waals surface area contributed by atoms with Crippen molar-refractivity contribution in [2.75, 3.05) is 0 Å². The van der Waals surface area contributed by atoms with Gasteiger partial charge >= 0.3 is 67.3 Å². The molecule has 0 saturated carbocycles. The van der Waals surface area contributed by atoms with Crippen LogP contribution >= 0.6 is 0 Å². The van der Waals surface area contributed by atoms with E-state index in [0.717, 1.165) is 0 Å². The van der Waals surface area contributed by atoms with Crippen LogP contribution in [0.2, 0.25) is 0 Å². The molecule has 0 aromatic rings. The van der Waals surface area contributed by atoms with Crippen LogP contribution in [0.25, 0.3) is 0 Å². The van der Waals surface area contributed by atoms with E-state index in [1.807, 2.05) is 0 Å². The van der Waals surface area contributed by atoms with E-state index in [2.05, 4.69) is 9.61 Å². The Labute approximate surface area is 67.7 Å².